The van der Waals surface area contributed by atoms with Gasteiger partial charge in [-0.3, -0.25) is 14.9 Å². The highest BCUT2D eigenvalue weighted by atomic mass is 79.9. The average molecular weight is 633 g/mol. The van der Waals surface area contributed by atoms with E-state index in [9.17, 15) is 14.9 Å². The fraction of sp³-hybridized carbons (Fsp3) is 0.154. The third kappa shape index (κ3) is 7.89. The first kappa shape index (κ1) is 27.9. The maximum Gasteiger partial charge on any atom is 0.271 e. The fourth-order valence-corrected chi connectivity index (χ4v) is 4.53. The minimum absolute atomic E-state index is 0.0196. The van der Waals surface area contributed by atoms with Gasteiger partial charge in [-0.1, -0.05) is 12.7 Å². The molecule has 3 rings (SSSR count). The highest BCUT2D eigenvalue weighted by Gasteiger charge is 2.12. The van der Waals surface area contributed by atoms with Gasteiger partial charge in [0.1, 0.15) is 19.0 Å². The third-order valence-corrected chi connectivity index (χ3v) is 5.97. The summed E-state index contributed by atoms with van der Waals surface area (Å²) in [6, 6.07) is 14.6. The molecule has 0 heterocycles. The van der Waals surface area contributed by atoms with Crippen LogP contribution in [0.5, 0.6) is 17.2 Å². The molecule has 0 fully saturated rings. The molecule has 0 radical (unpaired) electrons. The zero-order valence-corrected chi connectivity index (χ0v) is 23.0. The van der Waals surface area contributed by atoms with Gasteiger partial charge in [0.05, 0.1) is 26.7 Å². The van der Waals surface area contributed by atoms with Crippen LogP contribution < -0.4 is 19.6 Å². The van der Waals surface area contributed by atoms with E-state index in [1.807, 2.05) is 6.92 Å². The molecular weight excluding hydrogens is 610 g/mol. The van der Waals surface area contributed by atoms with E-state index in [4.69, 9.17) is 14.2 Å². The summed E-state index contributed by atoms with van der Waals surface area (Å²) >= 11 is 6.96. The van der Waals surface area contributed by atoms with Gasteiger partial charge in [0, 0.05) is 17.7 Å². The second kappa shape index (κ2) is 13.6. The second-order valence-corrected chi connectivity index (χ2v) is 9.13. The van der Waals surface area contributed by atoms with Crippen molar-refractivity contribution in [1.82, 2.24) is 5.43 Å². The van der Waals surface area contributed by atoms with Gasteiger partial charge in [0.2, 0.25) is 0 Å². The van der Waals surface area contributed by atoms with Crippen LogP contribution in [0, 0.1) is 10.1 Å². The number of nitrogens with one attached hydrogen (secondary N) is 1. The largest absolute Gasteiger partial charge is 0.490 e. The van der Waals surface area contributed by atoms with E-state index in [2.05, 4.69) is 49.0 Å². The molecule has 0 unspecified atom stereocenters. The van der Waals surface area contributed by atoms with Crippen molar-refractivity contribution in [2.75, 3.05) is 13.2 Å². The lowest BCUT2D eigenvalue weighted by molar-refractivity contribution is -0.384. The lowest BCUT2D eigenvalue weighted by atomic mass is 10.2. The first-order chi connectivity index (χ1) is 17.8. The molecule has 0 atom stereocenters. The van der Waals surface area contributed by atoms with Crippen LogP contribution in [-0.2, 0) is 6.61 Å². The van der Waals surface area contributed by atoms with Gasteiger partial charge in [-0.2, -0.15) is 5.10 Å². The van der Waals surface area contributed by atoms with Gasteiger partial charge in [-0.05, 0) is 92.4 Å². The molecule has 9 nitrogen and oxygen atoms in total. The molecule has 0 aliphatic heterocycles. The van der Waals surface area contributed by atoms with Crippen molar-refractivity contribution in [3.63, 3.8) is 0 Å². The second-order valence-electron chi connectivity index (χ2n) is 7.42. The zero-order valence-electron chi connectivity index (χ0n) is 19.8. The molecule has 0 saturated heterocycles. The standard InChI is InChI=1S/C26H23Br2N3O6/c1-3-11-36-23-10-7-19(14-24(23)35-4-2)26(32)30-29-15-18-12-21(27)25(22(28)13-18)37-16-17-5-8-20(9-6-17)31(33)34/h3,5-10,12-15H,1,4,11,16H2,2H3,(H,30,32)/b29-15+. The number of carbonyl (C=O) groups is 1. The predicted molar refractivity (Wildman–Crippen MR) is 148 cm³/mol. The van der Waals surface area contributed by atoms with Gasteiger partial charge < -0.3 is 14.2 Å². The predicted octanol–water partition coefficient (Wildman–Crippen LogP) is 6.43. The summed E-state index contributed by atoms with van der Waals surface area (Å²) in [5.41, 5.74) is 4.37. The maximum atomic E-state index is 12.6. The number of nitrogens with zero attached hydrogens (tertiary/aromatic N) is 2. The molecule has 0 aliphatic rings. The van der Waals surface area contributed by atoms with Gasteiger partial charge in [0.15, 0.2) is 11.5 Å². The number of nitro groups is 1. The molecule has 37 heavy (non-hydrogen) atoms. The van der Waals surface area contributed by atoms with Gasteiger partial charge in [-0.15, -0.1) is 0 Å². The van der Waals surface area contributed by atoms with Crippen LogP contribution >= 0.6 is 31.9 Å². The monoisotopic (exact) mass is 631 g/mol. The molecule has 11 heteroatoms. The lowest BCUT2D eigenvalue weighted by Gasteiger charge is -2.12. The van der Waals surface area contributed by atoms with E-state index in [1.54, 1.807) is 48.5 Å². The molecular formula is C26H23Br2N3O6. The highest BCUT2D eigenvalue weighted by molar-refractivity contribution is 9.11. The molecule has 3 aromatic rings. The minimum atomic E-state index is -0.450. The molecule has 0 saturated carbocycles. The Morgan fingerprint density at radius 2 is 1.76 bits per heavy atom. The Morgan fingerprint density at radius 1 is 1.05 bits per heavy atom. The number of hydrogen-bond donors (Lipinski definition) is 1. The van der Waals surface area contributed by atoms with Gasteiger partial charge in [0.25, 0.3) is 11.6 Å². The van der Waals surface area contributed by atoms with Crippen molar-refractivity contribution in [3.05, 3.63) is 103 Å². The molecule has 1 amide bonds. The quantitative estimate of drug-likeness (QED) is 0.107. The molecule has 1 N–H and O–H groups in total. The summed E-state index contributed by atoms with van der Waals surface area (Å²) in [4.78, 5) is 22.9. The first-order valence-electron chi connectivity index (χ1n) is 11.0. The van der Waals surface area contributed by atoms with Crippen LogP contribution in [0.25, 0.3) is 0 Å². The number of ether oxygens (including phenoxy) is 3. The van der Waals surface area contributed by atoms with Crippen LogP contribution in [0.4, 0.5) is 5.69 Å². The highest BCUT2D eigenvalue weighted by Crippen LogP contribution is 2.35. The zero-order chi connectivity index (χ0) is 26.8. The van der Waals surface area contributed by atoms with Crippen molar-refractivity contribution >= 4 is 49.7 Å². The minimum Gasteiger partial charge on any atom is -0.490 e. The van der Waals surface area contributed by atoms with Crippen molar-refractivity contribution in [2.45, 2.75) is 13.5 Å². The maximum absolute atomic E-state index is 12.6. The van der Waals surface area contributed by atoms with E-state index >= 15 is 0 Å². The van der Waals surface area contributed by atoms with Gasteiger partial charge in [-0.25, -0.2) is 5.43 Å². The van der Waals surface area contributed by atoms with E-state index in [-0.39, 0.29) is 12.3 Å². The Bertz CT molecular complexity index is 1290. The van der Waals surface area contributed by atoms with E-state index in [1.165, 1.54) is 18.3 Å². The summed E-state index contributed by atoms with van der Waals surface area (Å²) in [7, 11) is 0. The number of benzene rings is 3. The molecule has 192 valence electrons. The topological polar surface area (TPSA) is 112 Å². The Labute approximate surface area is 230 Å². The Hall–Kier alpha value is -3.70. The first-order valence-corrected chi connectivity index (χ1v) is 12.6. The summed E-state index contributed by atoms with van der Waals surface area (Å²) in [5.74, 6) is 1.13. The number of carbonyl (C=O) groups excluding carboxylic acids is 1. The number of nitro benzene ring substituents is 1. The van der Waals surface area contributed by atoms with Crippen LogP contribution in [0.1, 0.15) is 28.4 Å². The number of hydrogen-bond acceptors (Lipinski definition) is 7. The number of rotatable bonds is 12. The van der Waals surface area contributed by atoms with Crippen LogP contribution in [0.2, 0.25) is 0 Å². The fourth-order valence-electron chi connectivity index (χ4n) is 3.08. The normalized spacial score (nSPS) is 10.7. The van der Waals surface area contributed by atoms with E-state index < -0.39 is 10.8 Å². The molecule has 0 aromatic heterocycles. The van der Waals surface area contributed by atoms with Crippen molar-refractivity contribution in [2.24, 2.45) is 5.10 Å². The molecule has 0 spiro atoms. The Balaban J connectivity index is 1.63. The van der Waals surface area contributed by atoms with Crippen LogP contribution in [0.3, 0.4) is 0 Å². The average Bonchev–Trinajstić information content (AvgIpc) is 2.87. The summed E-state index contributed by atoms with van der Waals surface area (Å²) in [5, 5.41) is 14.8. The van der Waals surface area contributed by atoms with Crippen molar-refractivity contribution in [3.8, 4) is 17.2 Å². The Morgan fingerprint density at radius 3 is 2.38 bits per heavy atom. The third-order valence-electron chi connectivity index (χ3n) is 4.79. The smallest absolute Gasteiger partial charge is 0.271 e. The molecule has 0 bridgehead atoms. The van der Waals surface area contributed by atoms with E-state index in [0.29, 0.717) is 50.5 Å². The molecule has 0 aliphatic carbocycles. The van der Waals surface area contributed by atoms with E-state index in [0.717, 1.165) is 5.56 Å². The lowest BCUT2D eigenvalue weighted by Crippen LogP contribution is -2.17. The molecule has 3 aromatic carbocycles. The van der Waals surface area contributed by atoms with Crippen LogP contribution in [-0.4, -0.2) is 30.3 Å². The van der Waals surface area contributed by atoms with Crippen molar-refractivity contribution < 1.29 is 23.9 Å². The SMILES string of the molecule is C=CCOc1ccc(C(=O)N/N=C/c2cc(Br)c(OCc3ccc([N+](=O)[O-])cc3)c(Br)c2)cc1OCC. The number of hydrazone groups is 1. The Kier molecular flexibility index (Phi) is 10.2. The van der Waals surface area contributed by atoms with Crippen molar-refractivity contribution in [1.29, 1.82) is 0 Å². The number of non-ortho nitro benzene ring substituents is 1. The van der Waals surface area contributed by atoms with Gasteiger partial charge >= 0.3 is 0 Å². The summed E-state index contributed by atoms with van der Waals surface area (Å²) < 4.78 is 18.3. The summed E-state index contributed by atoms with van der Waals surface area (Å²) in [6.07, 6.45) is 3.12. The number of halogens is 2. The summed E-state index contributed by atoms with van der Waals surface area (Å²) in [6.45, 7) is 6.43. The van der Waals surface area contributed by atoms with Crippen LogP contribution in [0.15, 0.2) is 81.3 Å². The number of amides is 1.